The Bertz CT molecular complexity index is 782. The third kappa shape index (κ3) is 5.10. The summed E-state index contributed by atoms with van der Waals surface area (Å²) in [7, 11) is 0. The van der Waals surface area contributed by atoms with Gasteiger partial charge in [0.1, 0.15) is 12.6 Å². The molecule has 0 radical (unpaired) electrons. The molecule has 1 heterocycles. The number of ether oxygens (including phenoxy) is 1. The molecule has 0 aromatic heterocycles. The molecule has 3 rings (SSSR count). The van der Waals surface area contributed by atoms with Gasteiger partial charge in [0.05, 0.1) is 0 Å². The first kappa shape index (κ1) is 19.9. The van der Waals surface area contributed by atoms with Crippen molar-refractivity contribution in [3.63, 3.8) is 0 Å². The van der Waals surface area contributed by atoms with Crippen LogP contribution in [0.3, 0.4) is 0 Å². The van der Waals surface area contributed by atoms with Crippen LogP contribution in [-0.4, -0.2) is 58.7 Å². The number of piperazine rings is 1. The molecular formula is C22H26N2O4. The van der Waals surface area contributed by atoms with Gasteiger partial charge in [-0.2, -0.15) is 0 Å². The number of carboxylic acid groups (broad SMARTS) is 1. The van der Waals surface area contributed by atoms with Crippen LogP contribution in [0, 0.1) is 0 Å². The van der Waals surface area contributed by atoms with E-state index >= 15 is 0 Å². The van der Waals surface area contributed by atoms with Crippen molar-refractivity contribution in [2.75, 3.05) is 19.6 Å². The second-order valence-corrected chi connectivity index (χ2v) is 7.12. The highest BCUT2D eigenvalue weighted by molar-refractivity contribution is 5.74. The standard InChI is InChI=1S/C22H26N2O4/c1-17-15-23(20(21(25)26)14-18-8-4-2-5-9-18)12-13-24(17)22(27)28-16-19-10-6-3-7-11-19/h2-11,17,20H,12-16H2,1H3,(H,25,26)/t17-,20-/m1/s1. The molecule has 148 valence electrons. The number of amides is 1. The first-order valence-corrected chi connectivity index (χ1v) is 9.52. The Morgan fingerprint density at radius 3 is 2.21 bits per heavy atom. The molecule has 1 saturated heterocycles. The number of rotatable bonds is 6. The molecule has 1 N–H and O–H groups in total. The summed E-state index contributed by atoms with van der Waals surface area (Å²) >= 11 is 0. The summed E-state index contributed by atoms with van der Waals surface area (Å²) in [6, 6.07) is 18.5. The highest BCUT2D eigenvalue weighted by Gasteiger charge is 2.34. The first-order chi connectivity index (χ1) is 13.5. The van der Waals surface area contributed by atoms with Crippen molar-refractivity contribution < 1.29 is 19.4 Å². The number of carboxylic acids is 1. The maximum absolute atomic E-state index is 12.5. The summed E-state index contributed by atoms with van der Waals surface area (Å²) < 4.78 is 5.43. The lowest BCUT2D eigenvalue weighted by Gasteiger charge is -2.41. The topological polar surface area (TPSA) is 70.1 Å². The van der Waals surface area contributed by atoms with E-state index < -0.39 is 12.0 Å². The fraction of sp³-hybridized carbons (Fsp3) is 0.364. The van der Waals surface area contributed by atoms with Crippen molar-refractivity contribution in [2.45, 2.75) is 32.0 Å². The van der Waals surface area contributed by atoms with Crippen molar-refractivity contribution in [3.8, 4) is 0 Å². The van der Waals surface area contributed by atoms with E-state index in [1.165, 1.54) is 0 Å². The van der Waals surface area contributed by atoms with Crippen LogP contribution in [0.15, 0.2) is 60.7 Å². The molecule has 0 aliphatic carbocycles. The number of benzene rings is 2. The lowest BCUT2D eigenvalue weighted by Crippen LogP contribution is -2.58. The van der Waals surface area contributed by atoms with Crippen molar-refractivity contribution in [2.24, 2.45) is 0 Å². The first-order valence-electron chi connectivity index (χ1n) is 9.52. The third-order valence-corrected chi connectivity index (χ3v) is 5.10. The monoisotopic (exact) mass is 382 g/mol. The Morgan fingerprint density at radius 2 is 1.64 bits per heavy atom. The molecule has 0 saturated carbocycles. The summed E-state index contributed by atoms with van der Waals surface area (Å²) in [5, 5.41) is 9.71. The number of aliphatic carboxylic acids is 1. The van der Waals surface area contributed by atoms with Crippen LogP contribution in [0.25, 0.3) is 0 Å². The van der Waals surface area contributed by atoms with Crippen LogP contribution in [0.1, 0.15) is 18.1 Å². The highest BCUT2D eigenvalue weighted by Crippen LogP contribution is 2.17. The summed E-state index contributed by atoms with van der Waals surface area (Å²) in [6.45, 7) is 3.63. The molecule has 1 aliphatic heterocycles. The lowest BCUT2D eigenvalue weighted by molar-refractivity contribution is -0.144. The van der Waals surface area contributed by atoms with Gasteiger partial charge in [0.2, 0.25) is 0 Å². The van der Waals surface area contributed by atoms with Gasteiger partial charge in [-0.05, 0) is 24.5 Å². The quantitative estimate of drug-likeness (QED) is 0.832. The number of hydrogen-bond acceptors (Lipinski definition) is 4. The van der Waals surface area contributed by atoms with Crippen LogP contribution in [0.5, 0.6) is 0 Å². The minimum absolute atomic E-state index is 0.116. The smallest absolute Gasteiger partial charge is 0.410 e. The molecule has 0 unspecified atom stereocenters. The van der Waals surface area contributed by atoms with E-state index in [-0.39, 0.29) is 18.7 Å². The van der Waals surface area contributed by atoms with Gasteiger partial charge in [0.25, 0.3) is 0 Å². The van der Waals surface area contributed by atoms with Crippen molar-refractivity contribution >= 4 is 12.1 Å². The number of hydrogen-bond donors (Lipinski definition) is 1. The molecule has 1 amide bonds. The van der Waals surface area contributed by atoms with Crippen LogP contribution in [-0.2, 0) is 22.6 Å². The summed E-state index contributed by atoms with van der Waals surface area (Å²) in [6.07, 6.45) is 0.0902. The minimum Gasteiger partial charge on any atom is -0.480 e. The van der Waals surface area contributed by atoms with E-state index in [1.807, 2.05) is 72.5 Å². The van der Waals surface area contributed by atoms with Crippen LogP contribution in [0.2, 0.25) is 0 Å². The molecule has 0 bridgehead atoms. The van der Waals surface area contributed by atoms with Crippen LogP contribution < -0.4 is 0 Å². The summed E-state index contributed by atoms with van der Waals surface area (Å²) in [5.74, 6) is -0.837. The molecule has 28 heavy (non-hydrogen) atoms. The normalized spacial score (nSPS) is 18.5. The maximum atomic E-state index is 12.5. The molecule has 6 nitrogen and oxygen atoms in total. The third-order valence-electron chi connectivity index (χ3n) is 5.10. The van der Waals surface area contributed by atoms with Crippen molar-refractivity contribution in [3.05, 3.63) is 71.8 Å². The molecule has 2 atom stereocenters. The zero-order valence-corrected chi connectivity index (χ0v) is 16.0. The minimum atomic E-state index is -0.837. The van der Waals surface area contributed by atoms with Gasteiger partial charge in [-0.15, -0.1) is 0 Å². The highest BCUT2D eigenvalue weighted by atomic mass is 16.6. The zero-order chi connectivity index (χ0) is 19.9. The second-order valence-electron chi connectivity index (χ2n) is 7.12. The summed E-state index contributed by atoms with van der Waals surface area (Å²) in [5.41, 5.74) is 1.93. The van der Waals surface area contributed by atoms with Crippen molar-refractivity contribution in [1.29, 1.82) is 0 Å². The molecule has 1 aliphatic rings. The van der Waals surface area contributed by atoms with E-state index in [9.17, 15) is 14.7 Å². The van der Waals surface area contributed by atoms with Gasteiger partial charge >= 0.3 is 12.1 Å². The number of carbonyl (C=O) groups excluding carboxylic acids is 1. The van der Waals surface area contributed by atoms with E-state index in [0.29, 0.717) is 26.1 Å². The average molecular weight is 382 g/mol. The molecule has 0 spiro atoms. The lowest BCUT2D eigenvalue weighted by atomic mass is 10.0. The maximum Gasteiger partial charge on any atom is 0.410 e. The average Bonchev–Trinajstić information content (AvgIpc) is 2.71. The Balaban J connectivity index is 1.56. The van der Waals surface area contributed by atoms with E-state index in [0.717, 1.165) is 11.1 Å². The Hall–Kier alpha value is -2.86. The second kappa shape index (κ2) is 9.37. The summed E-state index contributed by atoms with van der Waals surface area (Å²) in [4.78, 5) is 27.9. The Labute approximate surface area is 165 Å². The molecule has 1 fully saturated rings. The zero-order valence-electron chi connectivity index (χ0n) is 16.0. The van der Waals surface area contributed by atoms with Gasteiger partial charge in [-0.1, -0.05) is 60.7 Å². The predicted octanol–water partition coefficient (Wildman–Crippen LogP) is 3.03. The Kier molecular flexibility index (Phi) is 6.66. The van der Waals surface area contributed by atoms with Crippen LogP contribution in [0.4, 0.5) is 4.79 Å². The molecular weight excluding hydrogens is 356 g/mol. The van der Waals surface area contributed by atoms with E-state index in [4.69, 9.17) is 4.74 Å². The van der Waals surface area contributed by atoms with Gasteiger partial charge < -0.3 is 14.7 Å². The molecule has 2 aromatic rings. The van der Waals surface area contributed by atoms with Crippen molar-refractivity contribution in [1.82, 2.24) is 9.80 Å². The van der Waals surface area contributed by atoms with Gasteiger partial charge in [-0.3, -0.25) is 9.69 Å². The van der Waals surface area contributed by atoms with E-state index in [1.54, 1.807) is 4.90 Å². The fourth-order valence-corrected chi connectivity index (χ4v) is 3.55. The van der Waals surface area contributed by atoms with Gasteiger partial charge in [0.15, 0.2) is 0 Å². The Morgan fingerprint density at radius 1 is 1.04 bits per heavy atom. The SMILES string of the molecule is C[C@@H]1CN([C@H](Cc2ccccc2)C(=O)O)CCN1C(=O)OCc1ccccc1. The molecule has 2 aromatic carbocycles. The van der Waals surface area contributed by atoms with Gasteiger partial charge in [0, 0.05) is 25.7 Å². The number of nitrogens with zero attached hydrogens (tertiary/aromatic N) is 2. The fourth-order valence-electron chi connectivity index (χ4n) is 3.55. The largest absolute Gasteiger partial charge is 0.480 e. The van der Waals surface area contributed by atoms with Crippen LogP contribution >= 0.6 is 0 Å². The predicted molar refractivity (Wildman–Crippen MR) is 106 cm³/mol. The van der Waals surface area contributed by atoms with Gasteiger partial charge in [-0.25, -0.2) is 4.79 Å². The number of carbonyl (C=O) groups is 2. The molecule has 6 heteroatoms. The van der Waals surface area contributed by atoms with E-state index in [2.05, 4.69) is 0 Å².